The van der Waals surface area contributed by atoms with Crippen molar-refractivity contribution in [2.45, 2.75) is 6.61 Å². The Balaban J connectivity index is 2.76. The van der Waals surface area contributed by atoms with Gasteiger partial charge in [0, 0.05) is 4.91 Å². The number of hydrogen-bond donors (Lipinski definition) is 2. The molecule has 2 rings (SSSR count). The SMILES string of the molecule is [N-]=[N+]=Nc1nc2ccc(CO)nc2c(=O)[nH]1. The minimum atomic E-state index is -0.511. The van der Waals surface area contributed by atoms with E-state index in [1.54, 1.807) is 0 Å². The van der Waals surface area contributed by atoms with Crippen LogP contribution in [-0.2, 0) is 6.61 Å². The fourth-order valence-corrected chi connectivity index (χ4v) is 1.23. The van der Waals surface area contributed by atoms with E-state index in [9.17, 15) is 4.79 Å². The van der Waals surface area contributed by atoms with Crippen molar-refractivity contribution >= 4 is 17.0 Å². The van der Waals surface area contributed by atoms with E-state index in [1.807, 2.05) is 0 Å². The highest BCUT2D eigenvalue weighted by Gasteiger charge is 2.04. The summed E-state index contributed by atoms with van der Waals surface area (Å²) in [4.78, 5) is 24.1. The van der Waals surface area contributed by atoms with E-state index < -0.39 is 5.56 Å². The maximum absolute atomic E-state index is 11.5. The molecule has 2 aromatic heterocycles. The lowest BCUT2D eigenvalue weighted by molar-refractivity contribution is 0.277. The summed E-state index contributed by atoms with van der Waals surface area (Å²) in [6.07, 6.45) is 0. The molecule has 8 nitrogen and oxygen atoms in total. The van der Waals surface area contributed by atoms with Gasteiger partial charge >= 0.3 is 0 Å². The monoisotopic (exact) mass is 218 g/mol. The highest BCUT2D eigenvalue weighted by molar-refractivity contribution is 5.73. The average Bonchev–Trinajstić information content (AvgIpc) is 2.29. The first-order valence-electron chi connectivity index (χ1n) is 4.30. The number of hydrogen-bond acceptors (Lipinski definition) is 5. The first kappa shape index (κ1) is 10.1. The van der Waals surface area contributed by atoms with Crippen molar-refractivity contribution in [1.29, 1.82) is 0 Å². The summed E-state index contributed by atoms with van der Waals surface area (Å²) < 4.78 is 0. The lowest BCUT2D eigenvalue weighted by atomic mass is 10.3. The summed E-state index contributed by atoms with van der Waals surface area (Å²) in [5.74, 6) is -0.112. The van der Waals surface area contributed by atoms with Crippen LogP contribution < -0.4 is 5.56 Å². The molecule has 2 N–H and O–H groups in total. The number of nitrogens with zero attached hydrogens (tertiary/aromatic N) is 5. The standard InChI is InChI=1S/C8H6N6O2/c9-14-13-8-11-5-2-1-4(3-15)10-6(5)7(16)12-8/h1-2,15H,3H2,(H,11,12,16). The number of fused-ring (bicyclic) bond motifs is 1. The van der Waals surface area contributed by atoms with Crippen LogP contribution in [-0.4, -0.2) is 20.1 Å². The molecule has 2 aromatic rings. The summed E-state index contributed by atoms with van der Waals surface area (Å²) in [5.41, 5.74) is 8.48. The van der Waals surface area contributed by atoms with Gasteiger partial charge in [-0.15, -0.1) is 0 Å². The summed E-state index contributed by atoms with van der Waals surface area (Å²) in [7, 11) is 0. The predicted octanol–water partition coefficient (Wildman–Crippen LogP) is 0.752. The molecule has 8 heteroatoms. The second-order valence-corrected chi connectivity index (χ2v) is 2.91. The van der Waals surface area contributed by atoms with Gasteiger partial charge in [-0.2, -0.15) is 0 Å². The minimum absolute atomic E-state index is 0.100. The number of azide groups is 1. The van der Waals surface area contributed by atoms with Gasteiger partial charge in [0.25, 0.3) is 5.56 Å². The summed E-state index contributed by atoms with van der Waals surface area (Å²) in [6.45, 7) is -0.256. The number of nitrogens with one attached hydrogen (secondary N) is 1. The Labute approximate surface area is 88.2 Å². The van der Waals surface area contributed by atoms with Crippen molar-refractivity contribution in [3.8, 4) is 0 Å². The van der Waals surface area contributed by atoms with E-state index in [2.05, 4.69) is 25.0 Å². The van der Waals surface area contributed by atoms with Crippen LogP contribution in [0.25, 0.3) is 21.5 Å². The molecule has 0 spiro atoms. The molecular weight excluding hydrogens is 212 g/mol. The van der Waals surface area contributed by atoms with E-state index in [1.165, 1.54) is 12.1 Å². The van der Waals surface area contributed by atoms with E-state index in [0.29, 0.717) is 11.2 Å². The molecule has 80 valence electrons. The average molecular weight is 218 g/mol. The fraction of sp³-hybridized carbons (Fsp3) is 0.125. The molecule has 0 aliphatic rings. The van der Waals surface area contributed by atoms with Crippen LogP contribution in [0.1, 0.15) is 5.69 Å². The molecule has 2 heterocycles. The second-order valence-electron chi connectivity index (χ2n) is 2.91. The molecule has 0 bridgehead atoms. The lowest BCUT2D eigenvalue weighted by Gasteiger charge is -1.99. The molecule has 0 unspecified atom stereocenters. The molecule has 0 saturated heterocycles. The van der Waals surface area contributed by atoms with Gasteiger partial charge in [-0.05, 0) is 22.8 Å². The van der Waals surface area contributed by atoms with Gasteiger partial charge in [-0.3, -0.25) is 4.79 Å². The first-order chi connectivity index (χ1) is 7.74. The highest BCUT2D eigenvalue weighted by Crippen LogP contribution is 2.09. The Morgan fingerprint density at radius 3 is 3.00 bits per heavy atom. The number of aromatic amines is 1. The molecule has 16 heavy (non-hydrogen) atoms. The molecule has 0 saturated carbocycles. The van der Waals surface area contributed by atoms with E-state index in [0.717, 1.165) is 0 Å². The Morgan fingerprint density at radius 2 is 2.31 bits per heavy atom. The van der Waals surface area contributed by atoms with Gasteiger partial charge in [0.05, 0.1) is 17.8 Å². The molecule has 0 aliphatic carbocycles. The molecule has 0 aliphatic heterocycles. The lowest BCUT2D eigenvalue weighted by Crippen LogP contribution is -2.09. The van der Waals surface area contributed by atoms with Gasteiger partial charge in [0.15, 0.2) is 11.5 Å². The van der Waals surface area contributed by atoms with Crippen molar-refractivity contribution in [3.63, 3.8) is 0 Å². The predicted molar refractivity (Wildman–Crippen MR) is 54.9 cm³/mol. The minimum Gasteiger partial charge on any atom is -0.390 e. The second kappa shape index (κ2) is 3.97. The van der Waals surface area contributed by atoms with Gasteiger partial charge in [-0.25, -0.2) is 9.97 Å². The number of H-pyrrole nitrogens is 1. The largest absolute Gasteiger partial charge is 0.390 e. The van der Waals surface area contributed by atoms with Gasteiger partial charge in [0.1, 0.15) is 0 Å². The third kappa shape index (κ3) is 1.70. The zero-order chi connectivity index (χ0) is 11.5. The summed E-state index contributed by atoms with van der Waals surface area (Å²) >= 11 is 0. The van der Waals surface area contributed by atoms with Crippen molar-refractivity contribution in [3.05, 3.63) is 38.6 Å². The van der Waals surface area contributed by atoms with Crippen LogP contribution in [0.3, 0.4) is 0 Å². The fourth-order valence-electron chi connectivity index (χ4n) is 1.23. The van der Waals surface area contributed by atoms with Crippen molar-refractivity contribution < 1.29 is 5.11 Å². The van der Waals surface area contributed by atoms with Crippen LogP contribution in [0.5, 0.6) is 0 Å². The molecular formula is C8H6N6O2. The summed E-state index contributed by atoms with van der Waals surface area (Å²) in [5, 5.41) is 12.1. The molecule has 0 atom stereocenters. The van der Waals surface area contributed by atoms with Crippen LogP contribution in [0, 0.1) is 0 Å². The number of aliphatic hydroxyl groups excluding tert-OH is 1. The Morgan fingerprint density at radius 1 is 1.50 bits per heavy atom. The highest BCUT2D eigenvalue weighted by atomic mass is 16.3. The zero-order valence-corrected chi connectivity index (χ0v) is 7.95. The van der Waals surface area contributed by atoms with E-state index in [4.69, 9.17) is 10.6 Å². The van der Waals surface area contributed by atoms with Crippen LogP contribution in [0.2, 0.25) is 0 Å². The number of rotatable bonds is 2. The van der Waals surface area contributed by atoms with Crippen LogP contribution >= 0.6 is 0 Å². The van der Waals surface area contributed by atoms with Crippen LogP contribution in [0.4, 0.5) is 5.95 Å². The van der Waals surface area contributed by atoms with Gasteiger partial charge in [0.2, 0.25) is 0 Å². The van der Waals surface area contributed by atoms with Crippen molar-refractivity contribution in [1.82, 2.24) is 15.0 Å². The van der Waals surface area contributed by atoms with E-state index >= 15 is 0 Å². The quantitative estimate of drug-likeness (QED) is 0.437. The van der Waals surface area contributed by atoms with Crippen molar-refractivity contribution in [2.75, 3.05) is 0 Å². The van der Waals surface area contributed by atoms with Gasteiger partial charge < -0.3 is 10.1 Å². The zero-order valence-electron chi connectivity index (χ0n) is 7.95. The van der Waals surface area contributed by atoms with E-state index in [-0.39, 0.29) is 18.1 Å². The topological polar surface area (TPSA) is 128 Å². The third-order valence-corrected chi connectivity index (χ3v) is 1.90. The smallest absolute Gasteiger partial charge is 0.277 e. The maximum atomic E-state index is 11.5. The Bertz CT molecular complexity index is 643. The Hall–Kier alpha value is -2.44. The van der Waals surface area contributed by atoms with Crippen molar-refractivity contribution in [2.24, 2.45) is 5.11 Å². The molecule has 0 fully saturated rings. The number of aromatic nitrogens is 3. The number of pyridine rings is 1. The number of aliphatic hydroxyl groups is 1. The molecule has 0 radical (unpaired) electrons. The Kier molecular flexibility index (Phi) is 2.50. The first-order valence-corrected chi connectivity index (χ1v) is 4.30. The van der Waals surface area contributed by atoms with Gasteiger partial charge in [-0.1, -0.05) is 0 Å². The molecule has 0 aromatic carbocycles. The maximum Gasteiger partial charge on any atom is 0.277 e. The normalized spacial score (nSPS) is 10.1. The van der Waals surface area contributed by atoms with Crippen LogP contribution in [0.15, 0.2) is 22.0 Å². The summed E-state index contributed by atoms with van der Waals surface area (Å²) in [6, 6.07) is 3.06. The third-order valence-electron chi connectivity index (χ3n) is 1.90. The molecule has 0 amide bonds.